The van der Waals surface area contributed by atoms with Crippen LogP contribution >= 0.6 is 31.9 Å². The molecule has 0 saturated heterocycles. The molecule has 23 heavy (non-hydrogen) atoms. The van der Waals surface area contributed by atoms with Crippen molar-refractivity contribution in [3.63, 3.8) is 0 Å². The maximum atomic E-state index is 13.6. The van der Waals surface area contributed by atoms with Crippen LogP contribution < -0.4 is 10.1 Å². The van der Waals surface area contributed by atoms with Gasteiger partial charge in [-0.15, -0.1) is 0 Å². The fourth-order valence-corrected chi connectivity index (χ4v) is 3.69. The van der Waals surface area contributed by atoms with Crippen molar-refractivity contribution in [2.75, 3.05) is 13.2 Å². The Morgan fingerprint density at radius 3 is 2.65 bits per heavy atom. The zero-order valence-electron chi connectivity index (χ0n) is 13.0. The fourth-order valence-electron chi connectivity index (χ4n) is 2.26. The minimum absolute atomic E-state index is 0.147. The van der Waals surface area contributed by atoms with Crippen LogP contribution in [-0.4, -0.2) is 13.2 Å². The van der Waals surface area contributed by atoms with Crippen LogP contribution in [0.2, 0.25) is 0 Å². The summed E-state index contributed by atoms with van der Waals surface area (Å²) in [5, 5.41) is 3.36. The Morgan fingerprint density at radius 2 is 1.91 bits per heavy atom. The molecule has 0 amide bonds. The van der Waals surface area contributed by atoms with E-state index in [0.717, 1.165) is 32.2 Å². The lowest BCUT2D eigenvalue weighted by atomic mass is 10.1. The van der Waals surface area contributed by atoms with Crippen LogP contribution in [0.4, 0.5) is 4.39 Å². The van der Waals surface area contributed by atoms with Gasteiger partial charge in [0.25, 0.3) is 0 Å². The number of hydrogen-bond donors (Lipinski definition) is 1. The van der Waals surface area contributed by atoms with Crippen LogP contribution in [0.5, 0.6) is 5.75 Å². The Morgan fingerprint density at radius 1 is 1.13 bits per heavy atom. The van der Waals surface area contributed by atoms with Gasteiger partial charge in [-0.25, -0.2) is 4.39 Å². The molecule has 2 aromatic carbocycles. The van der Waals surface area contributed by atoms with E-state index in [0.29, 0.717) is 26.1 Å². The summed E-state index contributed by atoms with van der Waals surface area (Å²) in [5.41, 5.74) is 1.81. The molecule has 0 saturated carbocycles. The van der Waals surface area contributed by atoms with E-state index in [2.05, 4.69) is 44.1 Å². The van der Waals surface area contributed by atoms with Gasteiger partial charge in [-0.05, 0) is 59.1 Å². The van der Waals surface area contributed by atoms with E-state index in [4.69, 9.17) is 4.74 Å². The highest BCUT2D eigenvalue weighted by atomic mass is 79.9. The molecule has 2 nitrogen and oxygen atoms in total. The van der Waals surface area contributed by atoms with Crippen LogP contribution in [0.15, 0.2) is 45.3 Å². The van der Waals surface area contributed by atoms with Crippen molar-refractivity contribution in [2.45, 2.75) is 26.3 Å². The Hall–Kier alpha value is -0.910. The largest absolute Gasteiger partial charge is 0.492 e. The summed E-state index contributed by atoms with van der Waals surface area (Å²) in [6.07, 6.45) is 1.62. The predicted octanol–water partition coefficient (Wildman–Crippen LogP) is 5.47. The first-order valence-electron chi connectivity index (χ1n) is 7.66. The molecule has 0 atom stereocenters. The zero-order valence-corrected chi connectivity index (χ0v) is 16.2. The molecule has 0 fully saturated rings. The van der Waals surface area contributed by atoms with Crippen LogP contribution in [0, 0.1) is 5.82 Å². The maximum absolute atomic E-state index is 13.6. The fraction of sp³-hybridized carbons (Fsp3) is 0.333. The van der Waals surface area contributed by atoms with E-state index in [-0.39, 0.29) is 5.82 Å². The van der Waals surface area contributed by atoms with E-state index >= 15 is 0 Å². The molecule has 0 heterocycles. The molecule has 2 aromatic rings. The molecule has 0 aliphatic carbocycles. The zero-order chi connectivity index (χ0) is 16.7. The van der Waals surface area contributed by atoms with Gasteiger partial charge >= 0.3 is 0 Å². The van der Waals surface area contributed by atoms with Crippen LogP contribution in [0.1, 0.15) is 24.5 Å². The number of hydrogen-bond acceptors (Lipinski definition) is 2. The smallest absolute Gasteiger partial charge is 0.138 e. The van der Waals surface area contributed by atoms with Crippen molar-refractivity contribution in [2.24, 2.45) is 0 Å². The normalized spacial score (nSPS) is 10.8. The molecular weight excluding hydrogens is 425 g/mol. The Kier molecular flexibility index (Phi) is 7.53. The van der Waals surface area contributed by atoms with E-state index in [1.54, 1.807) is 6.07 Å². The van der Waals surface area contributed by atoms with Gasteiger partial charge in [0.2, 0.25) is 0 Å². The number of halogens is 3. The standard InChI is InChI=1S/C18H20Br2FNO/c1-2-9-23-18-14(10-15(19)11-16(18)20)12-22-8-7-13-5-3-4-6-17(13)21/h3-6,10-11,22H,2,7-9,12H2,1H3. The maximum Gasteiger partial charge on any atom is 0.138 e. The molecule has 0 unspecified atom stereocenters. The van der Waals surface area contributed by atoms with Gasteiger partial charge in [-0.2, -0.15) is 0 Å². The third-order valence-corrected chi connectivity index (χ3v) is 4.43. The summed E-state index contributed by atoms with van der Waals surface area (Å²) < 4.78 is 21.4. The summed E-state index contributed by atoms with van der Waals surface area (Å²) in [6.45, 7) is 4.14. The van der Waals surface area contributed by atoms with Crippen LogP contribution in [-0.2, 0) is 13.0 Å². The van der Waals surface area contributed by atoms with Crippen molar-refractivity contribution in [3.05, 3.63) is 62.3 Å². The van der Waals surface area contributed by atoms with E-state index < -0.39 is 0 Å². The van der Waals surface area contributed by atoms with Crippen molar-refractivity contribution in [1.82, 2.24) is 5.32 Å². The molecule has 0 bridgehead atoms. The van der Waals surface area contributed by atoms with Crippen molar-refractivity contribution in [1.29, 1.82) is 0 Å². The first-order valence-corrected chi connectivity index (χ1v) is 9.25. The average molecular weight is 445 g/mol. The van der Waals surface area contributed by atoms with E-state index in [1.807, 2.05) is 24.3 Å². The van der Waals surface area contributed by atoms with Crippen LogP contribution in [0.25, 0.3) is 0 Å². The summed E-state index contributed by atoms with van der Waals surface area (Å²) >= 11 is 7.06. The molecular formula is C18H20Br2FNO. The monoisotopic (exact) mass is 443 g/mol. The van der Waals surface area contributed by atoms with Crippen molar-refractivity contribution < 1.29 is 9.13 Å². The minimum atomic E-state index is -0.147. The molecule has 0 spiro atoms. The van der Waals surface area contributed by atoms with Crippen LogP contribution in [0.3, 0.4) is 0 Å². The molecule has 5 heteroatoms. The highest BCUT2D eigenvalue weighted by Crippen LogP contribution is 2.33. The number of benzene rings is 2. The molecule has 0 aromatic heterocycles. The summed E-state index contributed by atoms with van der Waals surface area (Å²) in [5.74, 6) is 0.722. The minimum Gasteiger partial charge on any atom is -0.492 e. The molecule has 0 radical (unpaired) electrons. The summed E-state index contributed by atoms with van der Waals surface area (Å²) in [6, 6.07) is 10.9. The van der Waals surface area contributed by atoms with Gasteiger partial charge in [-0.3, -0.25) is 0 Å². The first kappa shape index (κ1) is 18.4. The molecule has 124 valence electrons. The van der Waals surface area contributed by atoms with Crippen molar-refractivity contribution >= 4 is 31.9 Å². The number of ether oxygens (including phenoxy) is 1. The van der Waals surface area contributed by atoms with Gasteiger partial charge in [0, 0.05) is 16.6 Å². The number of rotatable bonds is 8. The van der Waals surface area contributed by atoms with Gasteiger partial charge in [0.1, 0.15) is 11.6 Å². The summed E-state index contributed by atoms with van der Waals surface area (Å²) in [4.78, 5) is 0. The second-order valence-corrected chi connectivity index (χ2v) is 7.01. The quantitative estimate of drug-likeness (QED) is 0.545. The topological polar surface area (TPSA) is 21.3 Å². The highest BCUT2D eigenvalue weighted by Gasteiger charge is 2.10. The second-order valence-electron chi connectivity index (χ2n) is 5.24. The third-order valence-electron chi connectivity index (χ3n) is 3.38. The van der Waals surface area contributed by atoms with Crippen molar-refractivity contribution in [3.8, 4) is 5.75 Å². The average Bonchev–Trinajstić information content (AvgIpc) is 2.52. The highest BCUT2D eigenvalue weighted by molar-refractivity contribution is 9.11. The summed E-state index contributed by atoms with van der Waals surface area (Å²) in [7, 11) is 0. The van der Waals surface area contributed by atoms with E-state index in [1.165, 1.54) is 6.07 Å². The molecule has 0 aliphatic rings. The van der Waals surface area contributed by atoms with Gasteiger partial charge < -0.3 is 10.1 Å². The van der Waals surface area contributed by atoms with Gasteiger partial charge in [0.05, 0.1) is 11.1 Å². The third kappa shape index (κ3) is 5.59. The molecule has 2 rings (SSSR count). The Labute approximate surface area is 153 Å². The van der Waals surface area contributed by atoms with E-state index in [9.17, 15) is 4.39 Å². The van der Waals surface area contributed by atoms with Gasteiger partial charge in [-0.1, -0.05) is 41.1 Å². The second kappa shape index (κ2) is 9.40. The predicted molar refractivity (Wildman–Crippen MR) is 99.4 cm³/mol. The Bertz CT molecular complexity index is 649. The number of nitrogens with one attached hydrogen (secondary N) is 1. The molecule has 1 N–H and O–H groups in total. The Balaban J connectivity index is 1.95. The lowest BCUT2D eigenvalue weighted by molar-refractivity contribution is 0.311. The SMILES string of the molecule is CCCOc1c(Br)cc(Br)cc1CNCCc1ccccc1F. The lowest BCUT2D eigenvalue weighted by Crippen LogP contribution is -2.18. The molecule has 0 aliphatic heterocycles. The first-order chi connectivity index (χ1) is 11.1. The lowest BCUT2D eigenvalue weighted by Gasteiger charge is -2.14. The van der Waals surface area contributed by atoms with Gasteiger partial charge in [0.15, 0.2) is 0 Å².